The van der Waals surface area contributed by atoms with Gasteiger partial charge in [0.15, 0.2) is 5.72 Å². The molecule has 5 N–H and O–H groups in total. The molecule has 2 fully saturated rings. The lowest BCUT2D eigenvalue weighted by molar-refractivity contribution is -0.137. The van der Waals surface area contributed by atoms with E-state index in [1.54, 1.807) is 4.90 Å². The van der Waals surface area contributed by atoms with Crippen molar-refractivity contribution in [1.82, 2.24) is 15.5 Å². The highest BCUT2D eigenvalue weighted by atomic mass is 16.6. The third kappa shape index (κ3) is 2.64. The van der Waals surface area contributed by atoms with Gasteiger partial charge in [0.2, 0.25) is 11.6 Å². The summed E-state index contributed by atoms with van der Waals surface area (Å²) in [5.41, 5.74) is 4.84. The molecule has 3 unspecified atom stereocenters. The lowest BCUT2D eigenvalue weighted by atomic mass is 9.82. The SMILES string of the molecule is CO[C@@]12C(COC(N)=O)C3=C(C(=O)C(C)=C(NCCC(=O)O)C3=O)N1CC1NC12. The van der Waals surface area contributed by atoms with Crippen LogP contribution in [-0.4, -0.2) is 78.3 Å². The van der Waals surface area contributed by atoms with Crippen molar-refractivity contribution in [2.45, 2.75) is 31.2 Å². The van der Waals surface area contributed by atoms with Crippen molar-refractivity contribution in [3.63, 3.8) is 0 Å². The predicted octanol–water partition coefficient (Wildman–Crippen LogP) is -1.55. The van der Waals surface area contributed by atoms with Crippen LogP contribution in [0.5, 0.6) is 0 Å². The Morgan fingerprint density at radius 2 is 2.10 bits per heavy atom. The number of piperazine rings is 1. The topological polar surface area (TPSA) is 170 Å². The second-order valence-corrected chi connectivity index (χ2v) is 7.49. The Morgan fingerprint density at radius 1 is 1.38 bits per heavy atom. The van der Waals surface area contributed by atoms with Gasteiger partial charge in [-0.15, -0.1) is 0 Å². The van der Waals surface area contributed by atoms with Gasteiger partial charge < -0.3 is 35.8 Å². The highest BCUT2D eigenvalue weighted by Gasteiger charge is 2.72. The first-order valence-electron chi connectivity index (χ1n) is 9.25. The summed E-state index contributed by atoms with van der Waals surface area (Å²) in [5.74, 6) is -2.50. The molecule has 4 rings (SSSR count). The molecule has 1 amide bonds. The number of nitrogens with zero attached hydrogens (tertiary/aromatic N) is 1. The molecule has 0 spiro atoms. The Bertz CT molecular complexity index is 895. The van der Waals surface area contributed by atoms with E-state index in [2.05, 4.69) is 10.6 Å². The largest absolute Gasteiger partial charge is 0.481 e. The van der Waals surface area contributed by atoms with Gasteiger partial charge in [-0.3, -0.25) is 14.4 Å². The second kappa shape index (κ2) is 6.56. The number of primary amides is 1. The van der Waals surface area contributed by atoms with Crippen molar-refractivity contribution in [1.29, 1.82) is 0 Å². The third-order valence-corrected chi connectivity index (χ3v) is 6.07. The van der Waals surface area contributed by atoms with E-state index in [1.807, 2.05) is 0 Å². The fourth-order valence-corrected chi connectivity index (χ4v) is 4.80. The third-order valence-electron chi connectivity index (χ3n) is 6.07. The molecule has 0 aromatic carbocycles. The molecule has 29 heavy (non-hydrogen) atoms. The van der Waals surface area contributed by atoms with Gasteiger partial charge in [0.25, 0.3) is 0 Å². The van der Waals surface area contributed by atoms with Gasteiger partial charge in [0, 0.05) is 37.4 Å². The van der Waals surface area contributed by atoms with Crippen LogP contribution in [0.4, 0.5) is 4.79 Å². The van der Waals surface area contributed by atoms with Crippen LogP contribution < -0.4 is 16.4 Å². The molecule has 4 aliphatic rings. The molecule has 0 radical (unpaired) electrons. The zero-order valence-corrected chi connectivity index (χ0v) is 16.0. The fraction of sp³-hybridized carbons (Fsp3) is 0.556. The minimum atomic E-state index is -1.03. The molecule has 2 saturated heterocycles. The summed E-state index contributed by atoms with van der Waals surface area (Å²) in [6.07, 6.45) is -1.20. The number of carbonyl (C=O) groups is 4. The van der Waals surface area contributed by atoms with Crippen molar-refractivity contribution in [3.05, 3.63) is 22.5 Å². The Labute approximate surface area is 165 Å². The van der Waals surface area contributed by atoms with Crippen LogP contribution >= 0.6 is 0 Å². The number of carbonyl (C=O) groups excluding carboxylic acids is 3. The molecule has 0 aromatic heterocycles. The van der Waals surface area contributed by atoms with Gasteiger partial charge >= 0.3 is 12.1 Å². The maximum atomic E-state index is 13.4. The highest BCUT2D eigenvalue weighted by Crippen LogP contribution is 2.55. The summed E-state index contributed by atoms with van der Waals surface area (Å²) >= 11 is 0. The quantitative estimate of drug-likeness (QED) is 0.287. The van der Waals surface area contributed by atoms with Crippen LogP contribution in [0.25, 0.3) is 0 Å². The van der Waals surface area contributed by atoms with Gasteiger partial charge in [-0.05, 0) is 6.92 Å². The number of Topliss-reactive ketones (excluding diaryl/α,β-unsaturated/α-hetero) is 2. The summed E-state index contributed by atoms with van der Waals surface area (Å²) in [7, 11) is 1.49. The maximum absolute atomic E-state index is 13.4. The molecular formula is C18H22N4O7. The Morgan fingerprint density at radius 3 is 2.72 bits per heavy atom. The number of carboxylic acid groups (broad SMARTS) is 1. The summed E-state index contributed by atoms with van der Waals surface area (Å²) in [6, 6.07) is -0.00810. The van der Waals surface area contributed by atoms with E-state index in [4.69, 9.17) is 20.3 Å². The molecule has 0 aromatic rings. The zero-order chi connectivity index (χ0) is 21.1. The van der Waals surface area contributed by atoms with Crippen LogP contribution in [-0.2, 0) is 23.9 Å². The standard InChI is InChI=1S/C18H22N4O7/c1-7-12(20-4-3-10(23)24)15(26)11-8(6-29-17(19)27)18(28-2)16-9(21-16)5-22(18)13(11)14(7)25/h8-9,16,20-21H,3-6H2,1-2H3,(H2,19,27)(H,23,24)/t8?,9?,16?,18-/m1/s1. The highest BCUT2D eigenvalue weighted by molar-refractivity contribution is 6.25. The lowest BCUT2D eigenvalue weighted by Gasteiger charge is -2.39. The minimum Gasteiger partial charge on any atom is -0.481 e. The molecule has 3 heterocycles. The van der Waals surface area contributed by atoms with E-state index in [9.17, 15) is 19.2 Å². The first-order chi connectivity index (χ1) is 13.7. The van der Waals surface area contributed by atoms with Crippen LogP contribution in [0, 0.1) is 5.92 Å². The number of ether oxygens (including phenoxy) is 2. The van der Waals surface area contributed by atoms with Gasteiger partial charge in [0.1, 0.15) is 6.61 Å². The number of aliphatic carboxylic acids is 1. The zero-order valence-electron chi connectivity index (χ0n) is 16.0. The molecular weight excluding hydrogens is 384 g/mol. The number of carboxylic acids is 1. The van der Waals surface area contributed by atoms with Crippen LogP contribution in [0.15, 0.2) is 22.5 Å². The Balaban J connectivity index is 1.72. The first kappa shape index (κ1) is 19.4. The van der Waals surface area contributed by atoms with Gasteiger partial charge in [-0.25, -0.2) is 4.79 Å². The molecule has 156 valence electrons. The van der Waals surface area contributed by atoms with Crippen LogP contribution in [0.1, 0.15) is 13.3 Å². The number of nitrogens with two attached hydrogens (primary N) is 1. The van der Waals surface area contributed by atoms with Crippen LogP contribution in [0.2, 0.25) is 0 Å². The average Bonchev–Trinajstić information content (AvgIpc) is 3.27. The number of nitrogens with one attached hydrogen (secondary N) is 2. The van der Waals surface area contributed by atoms with Crippen molar-refractivity contribution in [3.8, 4) is 0 Å². The number of allylic oxidation sites excluding steroid dienone is 2. The maximum Gasteiger partial charge on any atom is 0.404 e. The van der Waals surface area contributed by atoms with Gasteiger partial charge in [-0.1, -0.05) is 0 Å². The summed E-state index contributed by atoms with van der Waals surface area (Å²) in [6.45, 7) is 1.80. The smallest absolute Gasteiger partial charge is 0.404 e. The molecule has 4 atom stereocenters. The van der Waals surface area contributed by atoms with E-state index in [1.165, 1.54) is 14.0 Å². The number of fused-ring (bicyclic) bond motifs is 4. The lowest BCUT2D eigenvalue weighted by Crippen LogP contribution is -2.55. The summed E-state index contributed by atoms with van der Waals surface area (Å²) < 4.78 is 10.9. The second-order valence-electron chi connectivity index (χ2n) is 7.49. The Kier molecular flexibility index (Phi) is 4.39. The Hall–Kier alpha value is -2.92. The van der Waals surface area contributed by atoms with Crippen molar-refractivity contribution >= 4 is 23.6 Å². The molecule has 1 aliphatic carbocycles. The first-order valence-corrected chi connectivity index (χ1v) is 9.25. The fourth-order valence-electron chi connectivity index (χ4n) is 4.80. The summed E-state index contributed by atoms with van der Waals surface area (Å²) in [4.78, 5) is 50.4. The molecule has 11 heteroatoms. The normalized spacial score (nSPS) is 32.2. The molecule has 0 saturated carbocycles. The van der Waals surface area contributed by atoms with Gasteiger partial charge in [-0.2, -0.15) is 0 Å². The van der Waals surface area contributed by atoms with E-state index in [0.29, 0.717) is 6.54 Å². The van der Waals surface area contributed by atoms with Gasteiger partial charge in [0.05, 0.1) is 29.8 Å². The van der Waals surface area contributed by atoms with Crippen molar-refractivity contribution < 1.29 is 33.8 Å². The molecule has 11 nitrogen and oxygen atoms in total. The van der Waals surface area contributed by atoms with Crippen LogP contribution in [0.3, 0.4) is 0 Å². The molecule has 0 bridgehead atoms. The number of ketones is 2. The number of amides is 1. The predicted molar refractivity (Wildman–Crippen MR) is 96.2 cm³/mol. The number of methoxy groups -OCH3 is 1. The minimum absolute atomic E-state index is 0.00250. The van der Waals surface area contributed by atoms with E-state index in [0.717, 1.165) is 0 Å². The van der Waals surface area contributed by atoms with E-state index >= 15 is 0 Å². The number of hydrogen-bond acceptors (Lipinski definition) is 9. The van der Waals surface area contributed by atoms with Crippen molar-refractivity contribution in [2.75, 3.05) is 26.8 Å². The monoisotopic (exact) mass is 406 g/mol. The molecule has 3 aliphatic heterocycles. The average molecular weight is 406 g/mol. The number of hydrogen-bond donors (Lipinski definition) is 4. The van der Waals surface area contributed by atoms with Crippen molar-refractivity contribution in [2.24, 2.45) is 11.7 Å². The van der Waals surface area contributed by atoms with E-state index in [-0.39, 0.29) is 60.0 Å². The number of rotatable bonds is 7. The van der Waals surface area contributed by atoms with E-state index < -0.39 is 29.5 Å². The summed E-state index contributed by atoms with van der Waals surface area (Å²) in [5, 5.41) is 14.9.